The van der Waals surface area contributed by atoms with Crippen LogP contribution in [0.4, 0.5) is 4.79 Å². The Hall–Kier alpha value is -5.71. The number of hydrogen-bond acceptors (Lipinski definition) is 13. The number of aromatic nitrogens is 4. The monoisotopic (exact) mass is 823 g/mol. The van der Waals surface area contributed by atoms with E-state index in [1.807, 2.05) is 121 Å². The van der Waals surface area contributed by atoms with Crippen molar-refractivity contribution in [1.29, 1.82) is 0 Å². The third-order valence-corrected chi connectivity index (χ3v) is 9.39. The van der Waals surface area contributed by atoms with Gasteiger partial charge in [0.1, 0.15) is 42.7 Å². The van der Waals surface area contributed by atoms with Crippen molar-refractivity contribution in [3.63, 3.8) is 0 Å². The molecular weight excluding hydrogens is 771 g/mol. The summed E-state index contributed by atoms with van der Waals surface area (Å²) in [4.78, 5) is 25.3. The molecule has 5 aromatic rings. The van der Waals surface area contributed by atoms with Gasteiger partial charge < -0.3 is 43.2 Å². The number of hydrogen-bond donors (Lipinski definition) is 1. The number of esters is 1. The molecule has 0 saturated carbocycles. The summed E-state index contributed by atoms with van der Waals surface area (Å²) in [6.45, 7) is 6.13. The molecule has 1 N–H and O–H groups in total. The molecular formula is C45H53N5O10. The Balaban J connectivity index is 1.30. The molecule has 6 rings (SSSR count). The molecule has 0 unspecified atom stereocenters. The van der Waals surface area contributed by atoms with E-state index in [4.69, 9.17) is 37.9 Å². The molecule has 1 aliphatic heterocycles. The lowest BCUT2D eigenvalue weighted by Crippen LogP contribution is -2.62. The van der Waals surface area contributed by atoms with Gasteiger partial charge in [0.25, 0.3) is 0 Å². The van der Waals surface area contributed by atoms with E-state index in [0.717, 1.165) is 22.3 Å². The van der Waals surface area contributed by atoms with E-state index < -0.39 is 54.2 Å². The van der Waals surface area contributed by atoms with Crippen LogP contribution in [0.25, 0.3) is 0 Å². The normalized spacial score (nSPS) is 19.6. The number of ether oxygens (including phenoxy) is 8. The Morgan fingerprint density at radius 3 is 1.68 bits per heavy atom. The summed E-state index contributed by atoms with van der Waals surface area (Å²) in [7, 11) is 1.21. The summed E-state index contributed by atoms with van der Waals surface area (Å²) in [5, 5.41) is 14.7. The van der Waals surface area contributed by atoms with Gasteiger partial charge in [-0.2, -0.15) is 4.68 Å². The number of nitrogens with one attached hydrogen (secondary N) is 1. The Morgan fingerprint density at radius 1 is 0.700 bits per heavy atom. The average Bonchev–Trinajstić information content (AvgIpc) is 3.70. The zero-order valence-electron chi connectivity index (χ0n) is 34.3. The fourth-order valence-corrected chi connectivity index (χ4v) is 6.54. The first-order valence-corrected chi connectivity index (χ1v) is 19.8. The predicted octanol–water partition coefficient (Wildman–Crippen LogP) is 5.86. The van der Waals surface area contributed by atoms with Gasteiger partial charge in [-0.1, -0.05) is 126 Å². The van der Waals surface area contributed by atoms with Gasteiger partial charge in [-0.25, -0.2) is 9.59 Å². The Bertz CT molecular complexity index is 2020. The maximum absolute atomic E-state index is 12.7. The molecule has 1 fully saturated rings. The van der Waals surface area contributed by atoms with Crippen LogP contribution in [0.2, 0.25) is 0 Å². The molecule has 15 nitrogen and oxygen atoms in total. The number of amides is 1. The SMILES string of the molecule is COC(=O)[C@H](COc1nnnn1C[C@@H]1O[C@H](COCc2ccccc2)[C@H](OCc2ccccc2)[C@H](OCc2ccccc2)[C@H]1OCc1ccccc1)NC(=O)OC(C)(C)C. The molecule has 15 heteroatoms. The minimum atomic E-state index is -1.23. The lowest BCUT2D eigenvalue weighted by Gasteiger charge is -2.46. The molecule has 318 valence electrons. The third kappa shape index (κ3) is 13.4. The predicted molar refractivity (Wildman–Crippen MR) is 218 cm³/mol. The van der Waals surface area contributed by atoms with Gasteiger partial charge in [0.15, 0.2) is 6.04 Å². The summed E-state index contributed by atoms with van der Waals surface area (Å²) in [6, 6.07) is 38.2. The van der Waals surface area contributed by atoms with Crippen LogP contribution in [-0.4, -0.2) is 94.8 Å². The van der Waals surface area contributed by atoms with Crippen LogP contribution < -0.4 is 10.1 Å². The standard InChI is InChI=1S/C45H53N5O10/c1-45(2,3)60-44(52)46-36(42(51)53-4)30-58-43-47-48-49-50(43)25-37-39(55-27-33-19-11-6-12-20-33)41(57-29-35-23-15-8-16-24-35)40(56-28-34-21-13-7-14-22-34)38(59-37)31-54-26-32-17-9-5-10-18-32/h5-24,36-41H,25-31H2,1-4H3,(H,46,52)/t36-,37-,38+,39-,40-,41+/m0/s1. The fourth-order valence-electron chi connectivity index (χ4n) is 6.54. The van der Waals surface area contributed by atoms with Crippen LogP contribution in [0.3, 0.4) is 0 Å². The molecule has 0 spiro atoms. The van der Waals surface area contributed by atoms with E-state index in [0.29, 0.717) is 6.61 Å². The van der Waals surface area contributed by atoms with E-state index in [1.165, 1.54) is 11.8 Å². The van der Waals surface area contributed by atoms with Crippen molar-refractivity contribution in [2.24, 2.45) is 0 Å². The van der Waals surface area contributed by atoms with Crippen LogP contribution in [-0.2, 0) is 70.9 Å². The summed E-state index contributed by atoms with van der Waals surface area (Å²) < 4.78 is 51.3. The smallest absolute Gasteiger partial charge is 0.408 e. The van der Waals surface area contributed by atoms with Crippen molar-refractivity contribution in [3.05, 3.63) is 144 Å². The number of alkyl carbamates (subject to hydrolysis) is 1. The second-order valence-electron chi connectivity index (χ2n) is 15.2. The second-order valence-corrected chi connectivity index (χ2v) is 15.2. The van der Waals surface area contributed by atoms with Gasteiger partial charge >= 0.3 is 18.1 Å². The van der Waals surface area contributed by atoms with Crippen molar-refractivity contribution >= 4 is 12.1 Å². The van der Waals surface area contributed by atoms with Gasteiger partial charge in [0.2, 0.25) is 0 Å². The summed E-state index contributed by atoms with van der Waals surface area (Å²) >= 11 is 0. The number of rotatable bonds is 20. The molecule has 1 aromatic heterocycles. The minimum absolute atomic E-state index is 0.0377. The summed E-state index contributed by atoms with van der Waals surface area (Å²) in [5.41, 5.74) is 3.11. The molecule has 4 aromatic carbocycles. The van der Waals surface area contributed by atoms with E-state index in [1.54, 1.807) is 20.8 Å². The van der Waals surface area contributed by atoms with Crippen LogP contribution in [0, 0.1) is 0 Å². The van der Waals surface area contributed by atoms with Crippen LogP contribution in [0.1, 0.15) is 43.0 Å². The highest BCUT2D eigenvalue weighted by Gasteiger charge is 2.49. The van der Waals surface area contributed by atoms with Crippen LogP contribution in [0.5, 0.6) is 6.01 Å². The number of carbonyl (C=O) groups excluding carboxylic acids is 2. The first-order chi connectivity index (χ1) is 29.1. The maximum atomic E-state index is 12.7. The molecule has 1 aliphatic rings. The zero-order chi connectivity index (χ0) is 42.2. The Kier molecular flexibility index (Phi) is 16.1. The van der Waals surface area contributed by atoms with Crippen molar-refractivity contribution in [1.82, 2.24) is 25.5 Å². The number of benzene rings is 4. The second kappa shape index (κ2) is 22.1. The number of carbonyl (C=O) groups is 2. The van der Waals surface area contributed by atoms with Crippen LogP contribution >= 0.6 is 0 Å². The lowest BCUT2D eigenvalue weighted by atomic mass is 9.93. The zero-order valence-corrected chi connectivity index (χ0v) is 34.3. The molecule has 0 bridgehead atoms. The summed E-state index contributed by atoms with van der Waals surface area (Å²) in [6.07, 6.45) is -4.24. The average molecular weight is 824 g/mol. The molecule has 60 heavy (non-hydrogen) atoms. The van der Waals surface area contributed by atoms with Gasteiger partial charge in [-0.05, 0) is 53.5 Å². The highest BCUT2D eigenvalue weighted by molar-refractivity contribution is 5.81. The fraction of sp³-hybridized carbons (Fsp3) is 0.400. The van der Waals surface area contributed by atoms with Crippen molar-refractivity contribution < 1.29 is 47.5 Å². The van der Waals surface area contributed by atoms with E-state index in [9.17, 15) is 9.59 Å². The van der Waals surface area contributed by atoms with E-state index in [-0.39, 0.29) is 45.6 Å². The van der Waals surface area contributed by atoms with Crippen molar-refractivity contribution in [2.45, 2.75) is 95.9 Å². The Labute approximate surface area is 350 Å². The van der Waals surface area contributed by atoms with Gasteiger partial charge in [0, 0.05) is 0 Å². The van der Waals surface area contributed by atoms with Crippen LogP contribution in [0.15, 0.2) is 121 Å². The first kappa shape index (κ1) is 43.9. The van der Waals surface area contributed by atoms with Gasteiger partial charge in [-0.15, -0.1) is 0 Å². The molecule has 0 radical (unpaired) electrons. The number of tetrazole rings is 1. The molecule has 1 amide bonds. The lowest BCUT2D eigenvalue weighted by molar-refractivity contribution is -0.275. The highest BCUT2D eigenvalue weighted by atomic mass is 16.6. The summed E-state index contributed by atoms with van der Waals surface area (Å²) in [5.74, 6) is -0.747. The Morgan fingerprint density at radius 2 is 1.18 bits per heavy atom. The minimum Gasteiger partial charge on any atom is -0.467 e. The maximum Gasteiger partial charge on any atom is 0.408 e. The van der Waals surface area contributed by atoms with E-state index >= 15 is 0 Å². The molecule has 2 heterocycles. The van der Waals surface area contributed by atoms with Gasteiger partial charge in [-0.3, -0.25) is 0 Å². The van der Waals surface area contributed by atoms with Gasteiger partial charge in [0.05, 0.1) is 46.7 Å². The number of nitrogens with zero attached hydrogens (tertiary/aromatic N) is 4. The highest BCUT2D eigenvalue weighted by Crippen LogP contribution is 2.32. The van der Waals surface area contributed by atoms with E-state index in [2.05, 4.69) is 20.8 Å². The molecule has 6 atom stereocenters. The third-order valence-electron chi connectivity index (χ3n) is 9.39. The van der Waals surface area contributed by atoms with Crippen molar-refractivity contribution in [3.8, 4) is 6.01 Å². The quantitative estimate of drug-likeness (QED) is 0.0930. The topological polar surface area (TPSA) is 164 Å². The number of methoxy groups -OCH3 is 1. The molecule has 0 aliphatic carbocycles. The van der Waals surface area contributed by atoms with Crippen molar-refractivity contribution in [2.75, 3.05) is 20.3 Å². The first-order valence-electron chi connectivity index (χ1n) is 19.8. The largest absolute Gasteiger partial charge is 0.467 e. The molecule has 1 saturated heterocycles.